The number of benzene rings is 1. The zero-order chi connectivity index (χ0) is 16.0. The molecule has 0 radical (unpaired) electrons. The number of nitrogens with one attached hydrogen (secondary N) is 3. The number of hydrogen-bond donors (Lipinski definition) is 3. The first-order chi connectivity index (χ1) is 11.1. The number of hydrogen-bond acceptors (Lipinski definition) is 5. The van der Waals surface area contributed by atoms with Crippen molar-refractivity contribution < 1.29 is 4.79 Å². The van der Waals surface area contributed by atoms with Gasteiger partial charge in [-0.3, -0.25) is 20.0 Å². The number of fused-ring (bicyclic) bond motifs is 1. The van der Waals surface area contributed by atoms with E-state index in [1.165, 1.54) is 24.0 Å². The molecule has 2 saturated heterocycles. The smallest absolute Gasteiger partial charge is 0.254 e. The zero-order valence-electron chi connectivity index (χ0n) is 13.6. The molecule has 0 saturated carbocycles. The standard InChI is InChI=1S/C17H23N5O/c1-11-6-5-7-14(12(11)2)22-10-13-15(20-22)18-17(19-16(13)23)21-8-3-4-9-21/h5-7,10,15,17-18,20H,3-4,8-9H2,1-2H3,(H,19,23). The minimum absolute atomic E-state index is 0.00551. The van der Waals surface area contributed by atoms with Gasteiger partial charge in [0.1, 0.15) is 12.5 Å². The highest BCUT2D eigenvalue weighted by Crippen LogP contribution is 2.27. The summed E-state index contributed by atoms with van der Waals surface area (Å²) in [4.78, 5) is 14.7. The predicted octanol–water partition coefficient (Wildman–Crippen LogP) is 0.937. The molecule has 0 aliphatic carbocycles. The van der Waals surface area contributed by atoms with E-state index in [1.807, 2.05) is 17.3 Å². The first-order valence-corrected chi connectivity index (χ1v) is 8.28. The Balaban J connectivity index is 1.56. The van der Waals surface area contributed by atoms with Crippen molar-refractivity contribution >= 4 is 11.6 Å². The fourth-order valence-corrected chi connectivity index (χ4v) is 3.52. The van der Waals surface area contributed by atoms with Crippen molar-refractivity contribution in [1.82, 2.24) is 21.0 Å². The molecule has 3 N–H and O–H groups in total. The van der Waals surface area contributed by atoms with Crippen molar-refractivity contribution in [3.63, 3.8) is 0 Å². The van der Waals surface area contributed by atoms with Gasteiger partial charge in [0.25, 0.3) is 5.91 Å². The molecule has 4 rings (SSSR count). The van der Waals surface area contributed by atoms with Crippen LogP contribution in [-0.2, 0) is 4.79 Å². The lowest BCUT2D eigenvalue weighted by Gasteiger charge is -2.36. The van der Waals surface area contributed by atoms with Crippen LogP contribution in [0.4, 0.5) is 5.69 Å². The minimum atomic E-state index is -0.144. The number of hydrazine groups is 1. The Bertz CT molecular complexity index is 665. The van der Waals surface area contributed by atoms with Gasteiger partial charge in [0.2, 0.25) is 0 Å². The molecule has 1 aromatic rings. The molecular weight excluding hydrogens is 290 g/mol. The Morgan fingerprint density at radius 3 is 2.74 bits per heavy atom. The summed E-state index contributed by atoms with van der Waals surface area (Å²) in [6, 6.07) is 6.21. The van der Waals surface area contributed by atoms with Gasteiger partial charge < -0.3 is 5.32 Å². The quantitative estimate of drug-likeness (QED) is 0.758. The molecule has 23 heavy (non-hydrogen) atoms. The summed E-state index contributed by atoms with van der Waals surface area (Å²) in [5.41, 5.74) is 7.68. The van der Waals surface area contributed by atoms with Crippen molar-refractivity contribution in [2.45, 2.75) is 39.1 Å². The molecule has 6 heteroatoms. The molecule has 3 aliphatic heterocycles. The number of amides is 1. The highest BCUT2D eigenvalue weighted by atomic mass is 16.2. The minimum Gasteiger partial charge on any atom is -0.324 e. The van der Waals surface area contributed by atoms with Crippen molar-refractivity contribution in [1.29, 1.82) is 0 Å². The monoisotopic (exact) mass is 313 g/mol. The highest BCUT2D eigenvalue weighted by molar-refractivity contribution is 5.96. The maximum atomic E-state index is 12.5. The number of nitrogens with zero attached hydrogens (tertiary/aromatic N) is 2. The van der Waals surface area contributed by atoms with E-state index in [9.17, 15) is 4.79 Å². The van der Waals surface area contributed by atoms with E-state index in [0.29, 0.717) is 0 Å². The molecule has 0 bridgehead atoms. The van der Waals surface area contributed by atoms with Crippen LogP contribution in [0.5, 0.6) is 0 Å². The third-order valence-electron chi connectivity index (χ3n) is 5.04. The van der Waals surface area contributed by atoms with Gasteiger partial charge in [-0.05, 0) is 43.9 Å². The van der Waals surface area contributed by atoms with Crippen molar-refractivity contribution in [2.75, 3.05) is 18.1 Å². The SMILES string of the molecule is Cc1cccc(N2C=C3C(=O)NC(N4CCCC4)NC3N2)c1C. The molecule has 3 aliphatic rings. The van der Waals surface area contributed by atoms with Crippen LogP contribution in [0.15, 0.2) is 30.0 Å². The van der Waals surface area contributed by atoms with Crippen LogP contribution in [0.25, 0.3) is 0 Å². The van der Waals surface area contributed by atoms with Gasteiger partial charge >= 0.3 is 0 Å². The summed E-state index contributed by atoms with van der Waals surface area (Å²) < 4.78 is 0. The highest BCUT2D eigenvalue weighted by Gasteiger charge is 2.38. The van der Waals surface area contributed by atoms with Gasteiger partial charge in [-0.2, -0.15) is 0 Å². The maximum Gasteiger partial charge on any atom is 0.254 e. The Hall–Kier alpha value is -1.89. The van der Waals surface area contributed by atoms with Crippen molar-refractivity contribution in [3.05, 3.63) is 41.1 Å². The number of rotatable bonds is 2. The number of aryl methyl sites for hydroxylation is 1. The molecule has 2 atom stereocenters. The number of carbonyl (C=O) groups is 1. The number of anilines is 1. The van der Waals surface area contributed by atoms with Crippen LogP contribution in [0, 0.1) is 13.8 Å². The third-order valence-corrected chi connectivity index (χ3v) is 5.04. The summed E-state index contributed by atoms with van der Waals surface area (Å²) in [6.07, 6.45) is 4.06. The van der Waals surface area contributed by atoms with E-state index < -0.39 is 0 Å². The molecule has 1 aromatic carbocycles. The summed E-state index contributed by atoms with van der Waals surface area (Å²) in [5.74, 6) is 0.00551. The molecule has 1 amide bonds. The van der Waals surface area contributed by atoms with E-state index in [-0.39, 0.29) is 18.4 Å². The third kappa shape index (κ3) is 2.52. The van der Waals surface area contributed by atoms with Crippen LogP contribution in [0.2, 0.25) is 0 Å². The molecule has 2 unspecified atom stereocenters. The molecule has 2 fully saturated rings. The van der Waals surface area contributed by atoms with Crippen LogP contribution < -0.4 is 21.1 Å². The Morgan fingerprint density at radius 1 is 1.17 bits per heavy atom. The fraction of sp³-hybridized carbons (Fsp3) is 0.471. The topological polar surface area (TPSA) is 59.6 Å². The molecule has 0 aromatic heterocycles. The van der Waals surface area contributed by atoms with Gasteiger partial charge in [0.05, 0.1) is 11.3 Å². The first kappa shape index (κ1) is 14.7. The fourth-order valence-electron chi connectivity index (χ4n) is 3.52. The lowest BCUT2D eigenvalue weighted by molar-refractivity contribution is -0.121. The first-order valence-electron chi connectivity index (χ1n) is 8.28. The average molecular weight is 313 g/mol. The summed E-state index contributed by atoms with van der Waals surface area (Å²) in [5, 5.41) is 8.52. The lowest BCUT2D eigenvalue weighted by Crippen LogP contribution is -2.66. The van der Waals surface area contributed by atoms with Crippen molar-refractivity contribution in [3.8, 4) is 0 Å². The Labute approximate surface area is 136 Å². The Morgan fingerprint density at radius 2 is 1.96 bits per heavy atom. The molecule has 122 valence electrons. The predicted molar refractivity (Wildman–Crippen MR) is 89.3 cm³/mol. The second-order valence-corrected chi connectivity index (χ2v) is 6.52. The number of likely N-dealkylation sites (tertiary alicyclic amines) is 1. The summed E-state index contributed by atoms with van der Waals surface area (Å²) in [6.45, 7) is 6.27. The lowest BCUT2D eigenvalue weighted by atomic mass is 10.1. The molecule has 3 heterocycles. The van der Waals surface area contributed by atoms with Crippen molar-refractivity contribution in [2.24, 2.45) is 0 Å². The second-order valence-electron chi connectivity index (χ2n) is 6.52. The Kier molecular flexibility index (Phi) is 3.60. The maximum absolute atomic E-state index is 12.5. The molecular formula is C17H23N5O. The van der Waals surface area contributed by atoms with E-state index >= 15 is 0 Å². The van der Waals surface area contributed by atoms with E-state index in [2.05, 4.69) is 46.9 Å². The van der Waals surface area contributed by atoms with Gasteiger partial charge in [-0.15, -0.1) is 0 Å². The van der Waals surface area contributed by atoms with Gasteiger partial charge in [0, 0.05) is 19.3 Å². The summed E-state index contributed by atoms with van der Waals surface area (Å²) >= 11 is 0. The molecule has 6 nitrogen and oxygen atoms in total. The van der Waals surface area contributed by atoms with E-state index in [4.69, 9.17) is 0 Å². The van der Waals surface area contributed by atoms with Crippen LogP contribution in [-0.4, -0.2) is 36.4 Å². The van der Waals surface area contributed by atoms with E-state index in [1.54, 1.807) is 0 Å². The second kappa shape index (κ2) is 5.63. The number of carbonyl (C=O) groups excluding carboxylic acids is 1. The van der Waals surface area contributed by atoms with Gasteiger partial charge in [-0.25, -0.2) is 5.43 Å². The van der Waals surface area contributed by atoms with Crippen LogP contribution >= 0.6 is 0 Å². The van der Waals surface area contributed by atoms with Gasteiger partial charge in [0.15, 0.2) is 0 Å². The average Bonchev–Trinajstić information content (AvgIpc) is 3.19. The molecule has 0 spiro atoms. The van der Waals surface area contributed by atoms with E-state index in [0.717, 1.165) is 24.4 Å². The van der Waals surface area contributed by atoms with Crippen LogP contribution in [0.1, 0.15) is 24.0 Å². The largest absolute Gasteiger partial charge is 0.324 e. The van der Waals surface area contributed by atoms with Gasteiger partial charge in [-0.1, -0.05) is 12.1 Å². The zero-order valence-corrected chi connectivity index (χ0v) is 13.6. The van der Waals surface area contributed by atoms with Crippen LogP contribution in [0.3, 0.4) is 0 Å². The summed E-state index contributed by atoms with van der Waals surface area (Å²) in [7, 11) is 0. The normalized spacial score (nSPS) is 27.8.